The maximum absolute atomic E-state index is 10.9. The van der Waals surface area contributed by atoms with Crippen LogP contribution in [-0.2, 0) is 6.54 Å². The molecule has 0 aliphatic heterocycles. The average Bonchev–Trinajstić information content (AvgIpc) is 2.46. The van der Waals surface area contributed by atoms with Crippen molar-refractivity contribution < 1.29 is 9.66 Å². The number of rotatable bonds is 9. The molecule has 1 rings (SSSR count). The molecule has 0 atom stereocenters. The van der Waals surface area contributed by atoms with Crippen molar-refractivity contribution in [3.8, 4) is 5.75 Å². The van der Waals surface area contributed by atoms with Crippen LogP contribution >= 0.6 is 0 Å². The number of benzene rings is 1. The molecule has 0 saturated carbocycles. The van der Waals surface area contributed by atoms with Crippen LogP contribution in [0.1, 0.15) is 46.1 Å². The lowest BCUT2D eigenvalue weighted by Gasteiger charge is -2.17. The zero-order valence-electron chi connectivity index (χ0n) is 13.4. The van der Waals surface area contributed by atoms with Gasteiger partial charge in [-0.15, -0.1) is 0 Å². The number of nitro benzene ring substituents is 1. The van der Waals surface area contributed by atoms with Crippen LogP contribution in [0.4, 0.5) is 5.69 Å². The van der Waals surface area contributed by atoms with Crippen molar-refractivity contribution in [1.29, 1.82) is 0 Å². The van der Waals surface area contributed by atoms with E-state index in [1.165, 1.54) is 6.07 Å². The second kappa shape index (κ2) is 8.62. The van der Waals surface area contributed by atoms with Gasteiger partial charge in [0.2, 0.25) is 0 Å². The topological polar surface area (TPSA) is 64.4 Å². The molecule has 1 N–H and O–H groups in total. The van der Waals surface area contributed by atoms with Gasteiger partial charge in [-0.25, -0.2) is 0 Å². The molecule has 0 unspecified atom stereocenters. The largest absolute Gasteiger partial charge is 0.493 e. The summed E-state index contributed by atoms with van der Waals surface area (Å²) < 4.78 is 5.89. The van der Waals surface area contributed by atoms with E-state index in [4.69, 9.17) is 4.74 Å². The highest BCUT2D eigenvalue weighted by atomic mass is 16.6. The molecule has 0 amide bonds. The van der Waals surface area contributed by atoms with Gasteiger partial charge in [0, 0.05) is 30.3 Å². The summed E-state index contributed by atoms with van der Waals surface area (Å²) in [5.41, 5.74) is 0.939. The van der Waals surface area contributed by atoms with Gasteiger partial charge in [-0.3, -0.25) is 10.1 Å². The minimum absolute atomic E-state index is 0.102. The number of nitrogens with one attached hydrogen (secondary N) is 1. The van der Waals surface area contributed by atoms with E-state index in [2.05, 4.69) is 19.2 Å². The number of ether oxygens (including phenoxy) is 1. The minimum atomic E-state index is -0.371. The molecule has 1 aromatic rings. The Labute approximate surface area is 126 Å². The molecule has 0 aliphatic rings. The molecule has 21 heavy (non-hydrogen) atoms. The molecule has 0 aromatic heterocycles. The van der Waals surface area contributed by atoms with Crippen molar-refractivity contribution >= 4 is 5.69 Å². The quantitative estimate of drug-likeness (QED) is 0.554. The van der Waals surface area contributed by atoms with E-state index in [9.17, 15) is 10.1 Å². The highest BCUT2D eigenvalue weighted by Crippen LogP contribution is 2.25. The molecule has 118 valence electrons. The van der Waals surface area contributed by atoms with Crippen LogP contribution in [0.5, 0.6) is 5.75 Å². The third-order valence-corrected chi connectivity index (χ3v) is 3.58. The number of hydrogen-bond acceptors (Lipinski definition) is 4. The summed E-state index contributed by atoms with van der Waals surface area (Å²) in [5.74, 6) is 1.26. The van der Waals surface area contributed by atoms with Crippen LogP contribution in [-0.4, -0.2) is 17.6 Å². The van der Waals surface area contributed by atoms with Crippen LogP contribution < -0.4 is 10.1 Å². The van der Waals surface area contributed by atoms with E-state index < -0.39 is 0 Å². The second-order valence-electron chi connectivity index (χ2n) is 5.58. The lowest BCUT2D eigenvalue weighted by Crippen LogP contribution is -2.22. The number of hydrogen-bond donors (Lipinski definition) is 1. The first-order chi connectivity index (χ1) is 9.97. The maximum atomic E-state index is 10.9. The minimum Gasteiger partial charge on any atom is -0.493 e. The van der Waals surface area contributed by atoms with E-state index >= 15 is 0 Å². The van der Waals surface area contributed by atoms with Crippen molar-refractivity contribution in [3.63, 3.8) is 0 Å². The summed E-state index contributed by atoms with van der Waals surface area (Å²) in [7, 11) is 0. The predicted octanol–water partition coefficient (Wildman–Crippen LogP) is 3.91. The molecule has 0 bridgehead atoms. The van der Waals surface area contributed by atoms with Crippen molar-refractivity contribution in [3.05, 3.63) is 33.9 Å². The normalized spacial score (nSPS) is 11.1. The standard InChI is InChI=1S/C16H26N2O3/c1-5-13(6-2)11-21-16-8-7-15(18(19)20)9-14(16)10-17-12(3)4/h7-9,12-13,17H,5-6,10-11H2,1-4H3. The van der Waals surface area contributed by atoms with Crippen LogP contribution in [0.3, 0.4) is 0 Å². The second-order valence-corrected chi connectivity index (χ2v) is 5.58. The fourth-order valence-electron chi connectivity index (χ4n) is 2.00. The smallest absolute Gasteiger partial charge is 0.270 e. The fraction of sp³-hybridized carbons (Fsp3) is 0.625. The third kappa shape index (κ3) is 5.71. The Morgan fingerprint density at radius 2 is 1.95 bits per heavy atom. The maximum Gasteiger partial charge on any atom is 0.270 e. The Morgan fingerprint density at radius 1 is 1.29 bits per heavy atom. The number of nitrogens with zero attached hydrogens (tertiary/aromatic N) is 1. The van der Waals surface area contributed by atoms with Gasteiger partial charge in [0.05, 0.1) is 11.5 Å². The van der Waals surface area contributed by atoms with E-state index in [1.54, 1.807) is 12.1 Å². The summed E-state index contributed by atoms with van der Waals surface area (Å²) in [4.78, 5) is 10.5. The summed E-state index contributed by atoms with van der Waals surface area (Å²) in [5, 5.41) is 14.2. The molecule has 0 spiro atoms. The van der Waals surface area contributed by atoms with Crippen molar-refractivity contribution in [1.82, 2.24) is 5.32 Å². The summed E-state index contributed by atoms with van der Waals surface area (Å²) in [6.07, 6.45) is 2.14. The molecule has 0 heterocycles. The Kier molecular flexibility index (Phi) is 7.15. The van der Waals surface area contributed by atoms with Crippen LogP contribution in [0.15, 0.2) is 18.2 Å². The third-order valence-electron chi connectivity index (χ3n) is 3.58. The Bertz CT molecular complexity index is 457. The van der Waals surface area contributed by atoms with E-state index in [-0.39, 0.29) is 10.6 Å². The summed E-state index contributed by atoms with van der Waals surface area (Å²) in [6, 6.07) is 5.12. The van der Waals surface area contributed by atoms with Gasteiger partial charge in [-0.1, -0.05) is 40.5 Å². The van der Waals surface area contributed by atoms with E-state index in [0.29, 0.717) is 25.1 Å². The molecule has 0 radical (unpaired) electrons. The van der Waals surface area contributed by atoms with Crippen molar-refractivity contribution in [2.75, 3.05) is 6.61 Å². The van der Waals surface area contributed by atoms with Crippen molar-refractivity contribution in [2.24, 2.45) is 5.92 Å². The first kappa shape index (κ1) is 17.4. The average molecular weight is 294 g/mol. The lowest BCUT2D eigenvalue weighted by atomic mass is 10.1. The number of nitro groups is 1. The zero-order valence-corrected chi connectivity index (χ0v) is 13.4. The molecule has 1 aromatic carbocycles. The Morgan fingerprint density at radius 3 is 2.48 bits per heavy atom. The molecule has 0 aliphatic carbocycles. The highest BCUT2D eigenvalue weighted by Gasteiger charge is 2.13. The van der Waals surface area contributed by atoms with E-state index in [1.807, 2.05) is 13.8 Å². The van der Waals surface area contributed by atoms with Gasteiger partial charge in [0.25, 0.3) is 5.69 Å². The highest BCUT2D eigenvalue weighted by molar-refractivity contribution is 5.43. The molecule has 0 fully saturated rings. The van der Waals surface area contributed by atoms with E-state index in [0.717, 1.165) is 24.2 Å². The van der Waals surface area contributed by atoms with Gasteiger partial charge in [0.1, 0.15) is 5.75 Å². The van der Waals surface area contributed by atoms with Crippen molar-refractivity contribution in [2.45, 2.75) is 53.1 Å². The van der Waals surface area contributed by atoms with Crippen LogP contribution in [0.2, 0.25) is 0 Å². The molecule has 5 heteroatoms. The first-order valence-corrected chi connectivity index (χ1v) is 7.61. The monoisotopic (exact) mass is 294 g/mol. The summed E-state index contributed by atoms with van der Waals surface area (Å²) in [6.45, 7) is 9.60. The predicted molar refractivity (Wildman–Crippen MR) is 84.6 cm³/mol. The Balaban J connectivity index is 2.86. The van der Waals surface area contributed by atoms with Gasteiger partial charge >= 0.3 is 0 Å². The molecular weight excluding hydrogens is 268 g/mol. The van der Waals surface area contributed by atoms with Gasteiger partial charge in [-0.2, -0.15) is 0 Å². The first-order valence-electron chi connectivity index (χ1n) is 7.61. The fourth-order valence-corrected chi connectivity index (χ4v) is 2.00. The summed E-state index contributed by atoms with van der Waals surface area (Å²) >= 11 is 0. The molecular formula is C16H26N2O3. The number of non-ortho nitro benzene ring substituents is 1. The SMILES string of the molecule is CCC(CC)COc1ccc([N+](=O)[O-])cc1CNC(C)C. The zero-order chi connectivity index (χ0) is 15.8. The molecule has 0 saturated heterocycles. The van der Waals surface area contributed by atoms with Gasteiger partial charge in [0.15, 0.2) is 0 Å². The van der Waals surface area contributed by atoms with Gasteiger partial charge < -0.3 is 10.1 Å². The lowest BCUT2D eigenvalue weighted by molar-refractivity contribution is -0.384. The van der Waals surface area contributed by atoms with Crippen LogP contribution in [0.25, 0.3) is 0 Å². The Hall–Kier alpha value is -1.62. The van der Waals surface area contributed by atoms with Crippen LogP contribution in [0, 0.1) is 16.0 Å². The molecule has 5 nitrogen and oxygen atoms in total. The van der Waals surface area contributed by atoms with Gasteiger partial charge in [-0.05, 0) is 12.0 Å².